The van der Waals surface area contributed by atoms with Gasteiger partial charge in [-0.2, -0.15) is 0 Å². The van der Waals surface area contributed by atoms with Gasteiger partial charge in [0.1, 0.15) is 11.7 Å². The Kier molecular flexibility index (Phi) is 22.2. The molecule has 0 aromatic carbocycles. The van der Waals surface area contributed by atoms with E-state index in [1.54, 1.807) is 0 Å². The molecular formula is C22H39NaO5. The number of carboxylic acid groups (broad SMARTS) is 2. The van der Waals surface area contributed by atoms with Gasteiger partial charge in [0.15, 0.2) is 0 Å². The summed E-state index contributed by atoms with van der Waals surface area (Å²) in [5.74, 6) is -4.46. The van der Waals surface area contributed by atoms with E-state index in [0.29, 0.717) is 6.42 Å². The zero-order chi connectivity index (χ0) is 20.3. The van der Waals surface area contributed by atoms with E-state index in [1.165, 1.54) is 44.9 Å². The van der Waals surface area contributed by atoms with Gasteiger partial charge in [-0.3, -0.25) is 14.4 Å². The summed E-state index contributed by atoms with van der Waals surface area (Å²) < 4.78 is 0. The van der Waals surface area contributed by atoms with Gasteiger partial charge in [-0.15, -0.1) is 0 Å². The van der Waals surface area contributed by atoms with Crippen molar-refractivity contribution in [3.63, 3.8) is 0 Å². The van der Waals surface area contributed by atoms with Crippen LogP contribution in [0.2, 0.25) is 0 Å². The molecule has 0 radical (unpaired) electrons. The number of allylic oxidation sites excluding steroid dienone is 2. The molecule has 1 unspecified atom stereocenters. The molecule has 0 saturated heterocycles. The van der Waals surface area contributed by atoms with Gasteiger partial charge in [0.05, 0.1) is 6.42 Å². The SMILES string of the molecule is CCCCCCCC/C=C\CCCCCCCC(=O)C(CC(=O)O)C(=O)O.[NaH]. The number of carbonyl (C=O) groups is 3. The number of unbranched alkanes of at least 4 members (excludes halogenated alkanes) is 11. The Bertz CT molecular complexity index is 448. The van der Waals surface area contributed by atoms with Crippen molar-refractivity contribution >= 4 is 47.3 Å². The predicted octanol–water partition coefficient (Wildman–Crippen LogP) is 5.12. The second kappa shape index (κ2) is 21.1. The molecule has 158 valence electrons. The van der Waals surface area contributed by atoms with Crippen LogP contribution in [-0.4, -0.2) is 57.5 Å². The fourth-order valence-corrected chi connectivity index (χ4v) is 3.06. The van der Waals surface area contributed by atoms with Crippen LogP contribution in [0.25, 0.3) is 0 Å². The number of aliphatic carboxylic acids is 2. The van der Waals surface area contributed by atoms with E-state index in [2.05, 4.69) is 19.1 Å². The van der Waals surface area contributed by atoms with Gasteiger partial charge in [0.2, 0.25) is 0 Å². The summed E-state index contributed by atoms with van der Waals surface area (Å²) in [6.07, 6.45) is 19.1. The molecule has 0 rings (SSSR count). The average molecular weight is 407 g/mol. The Hall–Kier alpha value is -0.650. The van der Waals surface area contributed by atoms with Gasteiger partial charge in [0.25, 0.3) is 0 Å². The Morgan fingerprint density at radius 2 is 1.21 bits per heavy atom. The average Bonchev–Trinajstić information content (AvgIpc) is 2.62. The Labute approximate surface area is 192 Å². The molecule has 0 aliphatic carbocycles. The van der Waals surface area contributed by atoms with Crippen molar-refractivity contribution in [1.82, 2.24) is 0 Å². The van der Waals surface area contributed by atoms with Crippen LogP contribution in [-0.2, 0) is 14.4 Å². The summed E-state index contributed by atoms with van der Waals surface area (Å²) in [6, 6.07) is 0. The monoisotopic (exact) mass is 406 g/mol. The molecule has 28 heavy (non-hydrogen) atoms. The molecular weight excluding hydrogens is 367 g/mol. The van der Waals surface area contributed by atoms with Crippen LogP contribution in [0.3, 0.4) is 0 Å². The van der Waals surface area contributed by atoms with Crippen LogP contribution in [0.1, 0.15) is 103 Å². The quantitative estimate of drug-likeness (QED) is 0.134. The second-order valence-electron chi connectivity index (χ2n) is 7.29. The van der Waals surface area contributed by atoms with Crippen molar-refractivity contribution < 1.29 is 24.6 Å². The Morgan fingerprint density at radius 1 is 0.750 bits per heavy atom. The second-order valence-corrected chi connectivity index (χ2v) is 7.29. The Morgan fingerprint density at radius 3 is 1.68 bits per heavy atom. The van der Waals surface area contributed by atoms with Crippen LogP contribution in [0.4, 0.5) is 0 Å². The number of carboxylic acids is 2. The Balaban J connectivity index is 0. The zero-order valence-electron chi connectivity index (χ0n) is 17.0. The molecule has 0 aliphatic heterocycles. The summed E-state index contributed by atoms with van der Waals surface area (Å²) in [5.41, 5.74) is 0. The maximum absolute atomic E-state index is 11.8. The topological polar surface area (TPSA) is 91.7 Å². The first-order valence-corrected chi connectivity index (χ1v) is 10.6. The van der Waals surface area contributed by atoms with Crippen LogP contribution in [0.5, 0.6) is 0 Å². The van der Waals surface area contributed by atoms with E-state index in [9.17, 15) is 14.4 Å². The third-order valence-corrected chi connectivity index (χ3v) is 4.75. The van der Waals surface area contributed by atoms with Crippen molar-refractivity contribution in [3.8, 4) is 0 Å². The maximum atomic E-state index is 11.8. The van der Waals surface area contributed by atoms with Gasteiger partial charge in [0, 0.05) is 6.42 Å². The van der Waals surface area contributed by atoms with E-state index in [4.69, 9.17) is 10.2 Å². The van der Waals surface area contributed by atoms with E-state index < -0.39 is 30.1 Å². The van der Waals surface area contributed by atoms with Gasteiger partial charge in [-0.1, -0.05) is 70.4 Å². The van der Waals surface area contributed by atoms with Crippen molar-refractivity contribution in [1.29, 1.82) is 0 Å². The molecule has 0 aliphatic rings. The molecule has 0 aromatic rings. The first-order valence-electron chi connectivity index (χ1n) is 10.6. The van der Waals surface area contributed by atoms with E-state index in [-0.39, 0.29) is 36.0 Å². The number of carbonyl (C=O) groups excluding carboxylic acids is 1. The third-order valence-electron chi connectivity index (χ3n) is 4.75. The molecule has 5 nitrogen and oxygen atoms in total. The summed E-state index contributed by atoms with van der Waals surface area (Å²) in [5, 5.41) is 17.6. The van der Waals surface area contributed by atoms with Crippen molar-refractivity contribution in [2.24, 2.45) is 5.92 Å². The number of Topliss-reactive ketones (excluding diaryl/α,β-unsaturated/α-hetero) is 1. The molecule has 0 heterocycles. The van der Waals surface area contributed by atoms with Crippen LogP contribution in [0.15, 0.2) is 12.2 Å². The number of rotatable bonds is 19. The summed E-state index contributed by atoms with van der Waals surface area (Å²) in [7, 11) is 0. The molecule has 0 aromatic heterocycles. The fraction of sp³-hybridized carbons (Fsp3) is 0.773. The first kappa shape index (κ1) is 29.6. The summed E-state index contributed by atoms with van der Waals surface area (Å²) in [4.78, 5) is 33.4. The normalized spacial score (nSPS) is 11.9. The van der Waals surface area contributed by atoms with Crippen molar-refractivity contribution in [2.45, 2.75) is 103 Å². The molecule has 6 heteroatoms. The standard InChI is InChI=1S/C22H38O5.Na.H/c1-2-3-4-5-6-7-8-9-10-11-12-13-14-15-16-17-20(23)19(22(26)27)18-21(24)25;;/h9-10,19H,2-8,11-18H2,1H3,(H,24,25)(H,26,27);;/b10-9-;;. The molecule has 2 N–H and O–H groups in total. The first-order chi connectivity index (χ1) is 13.0. The summed E-state index contributed by atoms with van der Waals surface area (Å²) in [6.45, 7) is 2.24. The molecule has 1 atom stereocenters. The zero-order valence-corrected chi connectivity index (χ0v) is 17.0. The van der Waals surface area contributed by atoms with E-state index in [0.717, 1.165) is 32.1 Å². The number of hydrogen-bond donors (Lipinski definition) is 2. The molecule has 0 saturated carbocycles. The molecule has 0 amide bonds. The minimum atomic E-state index is -1.40. The predicted molar refractivity (Wildman–Crippen MR) is 115 cm³/mol. The molecule has 0 fully saturated rings. The number of hydrogen-bond acceptors (Lipinski definition) is 3. The molecule has 0 spiro atoms. The van der Waals surface area contributed by atoms with Gasteiger partial charge < -0.3 is 10.2 Å². The van der Waals surface area contributed by atoms with Crippen molar-refractivity contribution in [2.75, 3.05) is 0 Å². The fourth-order valence-electron chi connectivity index (χ4n) is 3.06. The van der Waals surface area contributed by atoms with Crippen LogP contribution in [0, 0.1) is 5.92 Å². The van der Waals surface area contributed by atoms with Crippen LogP contribution >= 0.6 is 0 Å². The summed E-state index contributed by atoms with van der Waals surface area (Å²) >= 11 is 0. The third kappa shape index (κ3) is 18.7. The minimum absolute atomic E-state index is 0. The van der Waals surface area contributed by atoms with Gasteiger partial charge in [-0.25, -0.2) is 0 Å². The van der Waals surface area contributed by atoms with E-state index in [1.807, 2.05) is 0 Å². The van der Waals surface area contributed by atoms with Crippen LogP contribution < -0.4 is 0 Å². The molecule has 0 bridgehead atoms. The van der Waals surface area contributed by atoms with Gasteiger partial charge in [-0.05, 0) is 32.1 Å². The van der Waals surface area contributed by atoms with Gasteiger partial charge >= 0.3 is 41.5 Å². The van der Waals surface area contributed by atoms with E-state index >= 15 is 0 Å². The van der Waals surface area contributed by atoms with Crippen molar-refractivity contribution in [3.05, 3.63) is 12.2 Å². The number of ketones is 1.